The number of hydrogen-bond acceptors (Lipinski definition) is 3. The maximum Gasteiger partial charge on any atom is 0.416 e. The Hall–Kier alpha value is -3.06. The molecule has 8 heteroatoms. The summed E-state index contributed by atoms with van der Waals surface area (Å²) in [6.07, 6.45) is -2.64. The van der Waals surface area contributed by atoms with Crippen molar-refractivity contribution >= 4 is 23.2 Å². The van der Waals surface area contributed by atoms with Gasteiger partial charge in [-0.1, -0.05) is 49.7 Å². The molecule has 1 atom stereocenters. The molecule has 0 bridgehead atoms. The Morgan fingerprint density at radius 2 is 1.83 bits per heavy atom. The molecule has 1 aliphatic heterocycles. The molecular formula is C27H25ClF3N3O. The highest BCUT2D eigenvalue weighted by atomic mass is 35.5. The number of anilines is 1. The van der Waals surface area contributed by atoms with E-state index in [1.165, 1.54) is 16.3 Å². The largest absolute Gasteiger partial charge is 0.416 e. The lowest BCUT2D eigenvalue weighted by atomic mass is 9.76. The second-order valence-electron chi connectivity index (χ2n) is 9.47. The minimum atomic E-state index is -4.51. The van der Waals surface area contributed by atoms with Crippen molar-refractivity contribution in [3.63, 3.8) is 0 Å². The summed E-state index contributed by atoms with van der Waals surface area (Å²) in [4.78, 5) is 13.1. The number of halogens is 4. The van der Waals surface area contributed by atoms with Crippen LogP contribution in [0.1, 0.15) is 72.9 Å². The highest BCUT2D eigenvalue weighted by Gasteiger charge is 2.39. The van der Waals surface area contributed by atoms with Crippen LogP contribution in [0.3, 0.4) is 0 Å². The van der Waals surface area contributed by atoms with Gasteiger partial charge in [0.1, 0.15) is 5.82 Å². The number of hydrogen-bond donors (Lipinski definition) is 1. The van der Waals surface area contributed by atoms with E-state index in [-0.39, 0.29) is 22.4 Å². The average molecular weight is 500 g/mol. The number of aromatic nitrogens is 2. The number of ketones is 1. The van der Waals surface area contributed by atoms with E-state index in [0.29, 0.717) is 30.3 Å². The highest BCUT2D eigenvalue weighted by Crippen LogP contribution is 2.48. The van der Waals surface area contributed by atoms with E-state index >= 15 is 0 Å². The van der Waals surface area contributed by atoms with Gasteiger partial charge in [-0.3, -0.25) is 4.79 Å². The van der Waals surface area contributed by atoms with Crippen LogP contribution in [0.4, 0.5) is 19.0 Å². The minimum Gasteiger partial charge on any atom is -0.343 e. The Balaban J connectivity index is 1.72. The molecule has 2 aliphatic rings. The predicted octanol–water partition coefficient (Wildman–Crippen LogP) is 7.54. The lowest BCUT2D eigenvalue weighted by molar-refractivity contribution is -0.137. The van der Waals surface area contributed by atoms with Crippen molar-refractivity contribution in [2.45, 2.75) is 58.0 Å². The van der Waals surface area contributed by atoms with Gasteiger partial charge in [-0.25, -0.2) is 4.68 Å². The van der Waals surface area contributed by atoms with Gasteiger partial charge in [-0.15, -0.1) is 0 Å². The average Bonchev–Trinajstić information content (AvgIpc) is 3.13. The summed E-state index contributed by atoms with van der Waals surface area (Å²) in [7, 11) is 0. The maximum atomic E-state index is 13.5. The van der Waals surface area contributed by atoms with E-state index in [2.05, 4.69) is 36.4 Å². The third kappa shape index (κ3) is 4.05. The third-order valence-electron chi connectivity index (χ3n) is 6.85. The number of aryl methyl sites for hydroxylation is 1. The number of benzene rings is 2. The van der Waals surface area contributed by atoms with E-state index in [1.807, 2.05) is 19.1 Å². The highest BCUT2D eigenvalue weighted by molar-refractivity contribution is 6.32. The van der Waals surface area contributed by atoms with E-state index in [4.69, 9.17) is 11.6 Å². The summed E-state index contributed by atoms with van der Waals surface area (Å²) in [6, 6.07) is 11.4. The lowest BCUT2D eigenvalue weighted by Crippen LogP contribution is -2.27. The number of carbonyl (C=O) groups is 1. The third-order valence-corrected chi connectivity index (χ3v) is 7.17. The second-order valence-corrected chi connectivity index (χ2v) is 9.88. The van der Waals surface area contributed by atoms with Crippen LogP contribution in [0.5, 0.6) is 0 Å². The number of rotatable bonds is 3. The van der Waals surface area contributed by atoms with Gasteiger partial charge >= 0.3 is 6.18 Å². The zero-order valence-electron chi connectivity index (χ0n) is 19.6. The fraction of sp³-hybridized carbons (Fsp3) is 0.333. The molecular weight excluding hydrogens is 475 g/mol. The number of nitrogens with zero attached hydrogens (tertiary/aromatic N) is 2. The van der Waals surface area contributed by atoms with E-state index < -0.39 is 11.7 Å². The number of nitrogens with one attached hydrogen (secondary N) is 1. The number of carbonyl (C=O) groups excluding carboxylic acids is 1. The monoisotopic (exact) mass is 499 g/mol. The standard InChI is InChI=1S/C27H25ClF3N3O/c1-14(2)16-7-9-17(10-8-16)24-23-15(3)33-34(21-13-18(27(29,30)31)11-12-19(21)28)26(23)32-20-5-4-6-22(35)25(20)24/h7-14,24,32H,4-6H2,1-3H3. The molecule has 1 aromatic heterocycles. The zero-order chi connectivity index (χ0) is 25.1. The summed E-state index contributed by atoms with van der Waals surface area (Å²) in [5.41, 5.74) is 4.41. The molecule has 1 aliphatic carbocycles. The summed E-state index contributed by atoms with van der Waals surface area (Å²) in [5.74, 6) is 0.654. The van der Waals surface area contributed by atoms with Crippen LogP contribution >= 0.6 is 11.6 Å². The molecule has 1 N–H and O–H groups in total. The van der Waals surface area contributed by atoms with E-state index in [1.54, 1.807) is 0 Å². The van der Waals surface area contributed by atoms with Crippen LogP contribution in [0, 0.1) is 6.92 Å². The quantitative estimate of drug-likeness (QED) is 0.405. The Bertz CT molecular complexity index is 1350. The second kappa shape index (κ2) is 8.55. The molecule has 0 saturated carbocycles. The Morgan fingerprint density at radius 1 is 1.11 bits per heavy atom. The van der Waals surface area contributed by atoms with Crippen molar-refractivity contribution in [1.82, 2.24) is 9.78 Å². The van der Waals surface area contributed by atoms with Gasteiger partial charge in [0.15, 0.2) is 5.78 Å². The van der Waals surface area contributed by atoms with Gasteiger partial charge in [-0.2, -0.15) is 18.3 Å². The van der Waals surface area contributed by atoms with Gasteiger partial charge in [0.25, 0.3) is 0 Å². The van der Waals surface area contributed by atoms with Crippen LogP contribution in [-0.4, -0.2) is 15.6 Å². The topological polar surface area (TPSA) is 46.9 Å². The summed E-state index contributed by atoms with van der Waals surface area (Å²) in [6.45, 7) is 6.05. The molecule has 0 radical (unpaired) electrons. The summed E-state index contributed by atoms with van der Waals surface area (Å²) in [5, 5.41) is 8.12. The molecule has 182 valence electrons. The molecule has 0 fully saturated rings. The Morgan fingerprint density at radius 3 is 2.49 bits per heavy atom. The Labute approximate surface area is 206 Å². The van der Waals surface area contributed by atoms with Crippen LogP contribution in [0.15, 0.2) is 53.7 Å². The molecule has 0 spiro atoms. The first kappa shape index (κ1) is 23.7. The van der Waals surface area contributed by atoms with Crippen molar-refractivity contribution in [2.75, 3.05) is 5.32 Å². The molecule has 2 heterocycles. The SMILES string of the molecule is Cc1nn(-c2cc(C(F)(F)F)ccc2Cl)c2c1C(c1ccc(C(C)C)cc1)C1=C(CCCC1=O)N2. The predicted molar refractivity (Wildman–Crippen MR) is 130 cm³/mol. The van der Waals surface area contributed by atoms with Crippen LogP contribution in [0.2, 0.25) is 5.02 Å². The zero-order valence-corrected chi connectivity index (χ0v) is 20.4. The number of allylic oxidation sites excluding steroid dienone is 2. The van der Waals surface area contributed by atoms with Crippen molar-refractivity contribution in [1.29, 1.82) is 0 Å². The first-order chi connectivity index (χ1) is 16.6. The van der Waals surface area contributed by atoms with Gasteiger partial charge < -0.3 is 5.32 Å². The van der Waals surface area contributed by atoms with Crippen molar-refractivity contribution in [3.05, 3.63) is 86.7 Å². The van der Waals surface area contributed by atoms with Gasteiger partial charge in [-0.05, 0) is 55.0 Å². The first-order valence-electron chi connectivity index (χ1n) is 11.7. The fourth-order valence-electron chi connectivity index (χ4n) is 5.05. The number of fused-ring (bicyclic) bond motifs is 1. The molecule has 0 amide bonds. The van der Waals surface area contributed by atoms with Crippen LogP contribution < -0.4 is 5.32 Å². The van der Waals surface area contributed by atoms with E-state index in [0.717, 1.165) is 41.0 Å². The maximum absolute atomic E-state index is 13.5. The fourth-order valence-corrected chi connectivity index (χ4v) is 5.25. The van der Waals surface area contributed by atoms with Crippen molar-refractivity contribution in [3.8, 4) is 5.69 Å². The smallest absolute Gasteiger partial charge is 0.343 e. The molecule has 35 heavy (non-hydrogen) atoms. The van der Waals surface area contributed by atoms with E-state index in [9.17, 15) is 18.0 Å². The van der Waals surface area contributed by atoms with Gasteiger partial charge in [0.05, 0.1) is 22.0 Å². The molecule has 3 aromatic rings. The molecule has 0 saturated heterocycles. The molecule has 4 nitrogen and oxygen atoms in total. The van der Waals surface area contributed by atoms with Gasteiger partial charge in [0, 0.05) is 29.2 Å². The normalized spacial score (nSPS) is 17.9. The lowest BCUT2D eigenvalue weighted by Gasteiger charge is -2.33. The van der Waals surface area contributed by atoms with Crippen LogP contribution in [0.25, 0.3) is 5.69 Å². The molecule has 5 rings (SSSR count). The molecule has 2 aromatic carbocycles. The number of Topliss-reactive ketones (excluding diaryl/α,β-unsaturated/α-hetero) is 1. The van der Waals surface area contributed by atoms with Crippen molar-refractivity contribution in [2.24, 2.45) is 0 Å². The summed E-state index contributed by atoms with van der Waals surface area (Å²) < 4.78 is 41.8. The summed E-state index contributed by atoms with van der Waals surface area (Å²) >= 11 is 6.37. The minimum absolute atomic E-state index is 0.0894. The van der Waals surface area contributed by atoms with Gasteiger partial charge in [0.2, 0.25) is 0 Å². The molecule has 1 unspecified atom stereocenters. The first-order valence-corrected chi connectivity index (χ1v) is 12.0. The van der Waals surface area contributed by atoms with Crippen LogP contribution in [-0.2, 0) is 11.0 Å². The number of alkyl halides is 3. The Kier molecular flexibility index (Phi) is 5.79. The van der Waals surface area contributed by atoms with Crippen molar-refractivity contribution < 1.29 is 18.0 Å².